The maximum absolute atomic E-state index is 6.63. The Morgan fingerprint density at radius 3 is 2.52 bits per heavy atom. The molecule has 6 nitrogen and oxygen atoms in total. The number of aromatic nitrogens is 2. The number of nitrogens with one attached hydrogen (secondary N) is 1. The zero-order chi connectivity index (χ0) is 17.1. The third kappa shape index (κ3) is 3.70. The molecule has 0 aromatic carbocycles. The maximum Gasteiger partial charge on any atom is 0.169 e. The SMILES string of the molecule is CC.CC1N=C(c2nn3c(c2Cl)CN(C(C)C)CCC3)N(C)N1. The van der Waals surface area contributed by atoms with E-state index in [1.807, 2.05) is 32.8 Å². The minimum atomic E-state index is 0.0646. The van der Waals surface area contributed by atoms with Crippen molar-refractivity contribution in [3.63, 3.8) is 0 Å². The molecule has 0 saturated heterocycles. The minimum Gasteiger partial charge on any atom is -0.295 e. The van der Waals surface area contributed by atoms with Crippen LogP contribution in [0.25, 0.3) is 0 Å². The fourth-order valence-electron chi connectivity index (χ4n) is 2.95. The van der Waals surface area contributed by atoms with Gasteiger partial charge in [-0.1, -0.05) is 25.4 Å². The summed E-state index contributed by atoms with van der Waals surface area (Å²) in [6, 6.07) is 0.513. The van der Waals surface area contributed by atoms with Crippen LogP contribution in [0.1, 0.15) is 52.4 Å². The van der Waals surface area contributed by atoms with Crippen molar-refractivity contribution in [2.75, 3.05) is 13.6 Å². The van der Waals surface area contributed by atoms with Crippen LogP contribution in [-0.2, 0) is 13.1 Å². The second-order valence-corrected chi connectivity index (χ2v) is 6.44. The molecule has 1 aromatic heterocycles. The van der Waals surface area contributed by atoms with Gasteiger partial charge in [0.25, 0.3) is 0 Å². The highest BCUT2D eigenvalue weighted by Gasteiger charge is 2.29. The summed E-state index contributed by atoms with van der Waals surface area (Å²) in [7, 11) is 1.95. The number of aryl methyl sites for hydroxylation is 1. The molecule has 1 unspecified atom stereocenters. The molecule has 2 aliphatic rings. The van der Waals surface area contributed by atoms with Crippen LogP contribution in [-0.4, -0.2) is 51.3 Å². The van der Waals surface area contributed by atoms with Gasteiger partial charge in [-0.15, -0.1) is 0 Å². The van der Waals surface area contributed by atoms with E-state index in [-0.39, 0.29) is 6.17 Å². The van der Waals surface area contributed by atoms with E-state index in [4.69, 9.17) is 16.7 Å². The zero-order valence-electron chi connectivity index (χ0n) is 15.1. The van der Waals surface area contributed by atoms with Gasteiger partial charge in [-0.05, 0) is 27.2 Å². The van der Waals surface area contributed by atoms with Crippen LogP contribution >= 0.6 is 11.6 Å². The van der Waals surface area contributed by atoms with Crippen molar-refractivity contribution in [3.8, 4) is 0 Å². The lowest BCUT2D eigenvalue weighted by Crippen LogP contribution is -2.36. The molecule has 0 fully saturated rings. The summed E-state index contributed by atoms with van der Waals surface area (Å²) in [4.78, 5) is 7.02. The lowest BCUT2D eigenvalue weighted by Gasteiger charge is -2.23. The van der Waals surface area contributed by atoms with Crippen molar-refractivity contribution in [1.82, 2.24) is 25.1 Å². The van der Waals surface area contributed by atoms with Crippen LogP contribution in [0.4, 0.5) is 0 Å². The third-order valence-electron chi connectivity index (χ3n) is 4.12. The van der Waals surface area contributed by atoms with Crippen LogP contribution in [0.15, 0.2) is 4.99 Å². The Balaban J connectivity index is 0.000000924. The van der Waals surface area contributed by atoms with Gasteiger partial charge < -0.3 is 0 Å². The highest BCUT2D eigenvalue weighted by Crippen LogP contribution is 2.27. The van der Waals surface area contributed by atoms with Gasteiger partial charge in [0.2, 0.25) is 0 Å². The number of aliphatic imine (C=N–C) groups is 1. The molecule has 0 bridgehead atoms. The Labute approximate surface area is 144 Å². The van der Waals surface area contributed by atoms with E-state index in [1.165, 1.54) is 0 Å². The molecule has 0 saturated carbocycles. The number of rotatable bonds is 2. The van der Waals surface area contributed by atoms with Crippen molar-refractivity contribution >= 4 is 17.4 Å². The molecule has 130 valence electrons. The van der Waals surface area contributed by atoms with Crippen LogP contribution in [0, 0.1) is 0 Å². The predicted molar refractivity (Wildman–Crippen MR) is 95.6 cm³/mol. The Morgan fingerprint density at radius 1 is 1.26 bits per heavy atom. The van der Waals surface area contributed by atoms with Crippen LogP contribution in [0.5, 0.6) is 0 Å². The number of fused-ring (bicyclic) bond motifs is 1. The summed E-state index contributed by atoms with van der Waals surface area (Å²) >= 11 is 6.63. The molecule has 0 amide bonds. The summed E-state index contributed by atoms with van der Waals surface area (Å²) in [6.45, 7) is 13.3. The molecule has 0 aliphatic carbocycles. The van der Waals surface area contributed by atoms with Crippen molar-refractivity contribution in [1.29, 1.82) is 0 Å². The first-order valence-electron chi connectivity index (χ1n) is 8.54. The molecule has 0 spiro atoms. The summed E-state index contributed by atoms with van der Waals surface area (Å²) in [5.74, 6) is 0.823. The molecule has 1 N–H and O–H groups in total. The average molecular weight is 341 g/mol. The van der Waals surface area contributed by atoms with Gasteiger partial charge >= 0.3 is 0 Å². The van der Waals surface area contributed by atoms with Gasteiger partial charge in [-0.3, -0.25) is 14.6 Å². The highest BCUT2D eigenvalue weighted by molar-refractivity contribution is 6.34. The summed E-state index contributed by atoms with van der Waals surface area (Å²) in [6.07, 6.45) is 1.16. The second-order valence-electron chi connectivity index (χ2n) is 6.07. The average Bonchev–Trinajstić information content (AvgIpc) is 2.91. The van der Waals surface area contributed by atoms with E-state index >= 15 is 0 Å². The van der Waals surface area contributed by atoms with Crippen molar-refractivity contribution in [3.05, 3.63) is 16.4 Å². The Kier molecular flexibility index (Phi) is 6.06. The third-order valence-corrected chi connectivity index (χ3v) is 4.52. The largest absolute Gasteiger partial charge is 0.295 e. The van der Waals surface area contributed by atoms with Crippen LogP contribution in [0.2, 0.25) is 5.02 Å². The fraction of sp³-hybridized carbons (Fsp3) is 0.750. The number of halogens is 1. The molecule has 3 rings (SSSR count). The quantitative estimate of drug-likeness (QED) is 0.899. The number of amidine groups is 1. The Bertz CT molecular complexity index is 565. The van der Waals surface area contributed by atoms with Gasteiger partial charge in [-0.2, -0.15) is 5.10 Å². The molecular formula is C16H29ClN6. The molecule has 1 aromatic rings. The lowest BCUT2D eigenvalue weighted by atomic mass is 10.2. The van der Waals surface area contributed by atoms with Crippen molar-refractivity contribution in [2.45, 2.75) is 66.3 Å². The first kappa shape index (κ1) is 18.2. The summed E-state index contributed by atoms with van der Waals surface area (Å²) in [5.41, 5.74) is 5.12. The molecule has 1 atom stereocenters. The minimum absolute atomic E-state index is 0.0646. The van der Waals surface area contributed by atoms with Crippen LogP contribution < -0.4 is 5.43 Å². The monoisotopic (exact) mass is 340 g/mol. The van der Waals surface area contributed by atoms with Gasteiger partial charge in [0.05, 0.1) is 10.7 Å². The van der Waals surface area contributed by atoms with Gasteiger partial charge in [0.1, 0.15) is 11.9 Å². The first-order valence-corrected chi connectivity index (χ1v) is 8.92. The normalized spacial score (nSPS) is 21.7. The first-order chi connectivity index (χ1) is 11.0. The van der Waals surface area contributed by atoms with E-state index in [1.54, 1.807) is 0 Å². The Morgan fingerprint density at radius 2 is 1.96 bits per heavy atom. The van der Waals surface area contributed by atoms with Gasteiger partial charge in [-0.25, -0.2) is 10.4 Å². The fourth-order valence-corrected chi connectivity index (χ4v) is 3.23. The highest BCUT2D eigenvalue weighted by atomic mass is 35.5. The summed E-state index contributed by atoms with van der Waals surface area (Å²) in [5, 5.41) is 7.36. The van der Waals surface area contributed by atoms with E-state index < -0.39 is 0 Å². The standard InChI is InChI=1S/C14H23ClN6.C2H6/c1-9(2)20-6-5-7-21-11(8-20)12(15)13(18-21)14-16-10(3)17-19(14)4;1-2/h9-10,17H,5-8H2,1-4H3;1-2H3. The van der Waals surface area contributed by atoms with E-state index in [0.29, 0.717) is 6.04 Å². The number of hydrazine groups is 1. The van der Waals surface area contributed by atoms with E-state index in [9.17, 15) is 0 Å². The Hall–Kier alpha value is -1.11. The van der Waals surface area contributed by atoms with E-state index in [2.05, 4.69) is 33.8 Å². The van der Waals surface area contributed by atoms with Crippen molar-refractivity contribution in [2.24, 2.45) is 4.99 Å². The molecule has 23 heavy (non-hydrogen) atoms. The van der Waals surface area contributed by atoms with Gasteiger partial charge in [0, 0.05) is 32.7 Å². The zero-order valence-corrected chi connectivity index (χ0v) is 15.9. The van der Waals surface area contributed by atoms with Crippen LogP contribution in [0.3, 0.4) is 0 Å². The number of hydrogen-bond donors (Lipinski definition) is 1. The smallest absolute Gasteiger partial charge is 0.169 e. The summed E-state index contributed by atoms with van der Waals surface area (Å²) < 4.78 is 2.05. The predicted octanol–water partition coefficient (Wildman–Crippen LogP) is 2.72. The van der Waals surface area contributed by atoms with Gasteiger partial charge in [0.15, 0.2) is 5.84 Å². The van der Waals surface area contributed by atoms with E-state index in [0.717, 1.165) is 48.3 Å². The second kappa shape index (κ2) is 7.64. The molecule has 3 heterocycles. The lowest BCUT2D eigenvalue weighted by molar-refractivity contribution is 0.216. The maximum atomic E-state index is 6.63. The number of hydrogen-bond acceptors (Lipinski definition) is 5. The number of nitrogens with zero attached hydrogens (tertiary/aromatic N) is 5. The molecular weight excluding hydrogens is 312 g/mol. The van der Waals surface area contributed by atoms with Crippen molar-refractivity contribution < 1.29 is 0 Å². The topological polar surface area (TPSA) is 48.7 Å². The molecule has 7 heteroatoms. The molecule has 2 aliphatic heterocycles. The molecule has 0 radical (unpaired) electrons.